The van der Waals surface area contributed by atoms with Crippen molar-refractivity contribution in [2.24, 2.45) is 4.99 Å². The van der Waals surface area contributed by atoms with E-state index in [1.54, 1.807) is 49.4 Å². The first kappa shape index (κ1) is 22.9. The molecule has 0 saturated heterocycles. The Morgan fingerprint density at radius 1 is 1.19 bits per heavy atom. The zero-order valence-electron chi connectivity index (χ0n) is 16.5. The molecule has 2 aromatic carbocycles. The number of carbonyl (C=O) groups is 2. The first-order valence-electron chi connectivity index (χ1n) is 9.07. The molecule has 6 nitrogen and oxygen atoms in total. The molecule has 1 aliphatic heterocycles. The molecule has 160 valence electrons. The Morgan fingerprint density at radius 3 is 2.55 bits per heavy atom. The average Bonchev–Trinajstić information content (AvgIpc) is 3.03. The number of aliphatic hydroxyl groups excluding tert-OH is 1. The molecule has 9 heteroatoms. The number of benzene rings is 2. The normalized spacial score (nSPS) is 16.1. The van der Waals surface area contributed by atoms with Gasteiger partial charge in [0.25, 0.3) is 5.91 Å². The number of esters is 1. The average molecular weight is 478 g/mol. The van der Waals surface area contributed by atoms with Crippen LogP contribution < -0.4 is 4.74 Å². The third kappa shape index (κ3) is 5.12. The molecule has 0 fully saturated rings. The molecule has 0 aliphatic carbocycles. The van der Waals surface area contributed by atoms with Gasteiger partial charge in [-0.25, -0.2) is 9.79 Å². The van der Waals surface area contributed by atoms with Gasteiger partial charge in [-0.2, -0.15) is 0 Å². The summed E-state index contributed by atoms with van der Waals surface area (Å²) in [5, 5.41) is 11.4. The largest absolute Gasteiger partial charge is 0.506 e. The first-order chi connectivity index (χ1) is 14.8. The molecule has 1 heterocycles. The maximum atomic E-state index is 12.6. The zero-order chi connectivity index (χ0) is 22.5. The smallest absolute Gasteiger partial charge is 0.344 e. The lowest BCUT2D eigenvalue weighted by molar-refractivity contribution is -0.138. The van der Waals surface area contributed by atoms with Crippen LogP contribution in [0.5, 0.6) is 5.75 Å². The van der Waals surface area contributed by atoms with E-state index in [0.29, 0.717) is 21.9 Å². The highest BCUT2D eigenvalue weighted by molar-refractivity contribution is 8.18. The fraction of sp³-hybridized carbons (Fsp3) is 0.136. The van der Waals surface area contributed by atoms with Gasteiger partial charge in [0.05, 0.1) is 23.6 Å². The van der Waals surface area contributed by atoms with Gasteiger partial charge in [-0.05, 0) is 37.3 Å². The van der Waals surface area contributed by atoms with Crippen LogP contribution in [0.15, 0.2) is 63.7 Å². The van der Waals surface area contributed by atoms with Gasteiger partial charge in [-0.15, -0.1) is 0 Å². The Kier molecular flexibility index (Phi) is 7.43. The highest BCUT2D eigenvalue weighted by atomic mass is 35.5. The van der Waals surface area contributed by atoms with E-state index in [9.17, 15) is 14.7 Å². The van der Waals surface area contributed by atoms with Crippen molar-refractivity contribution in [2.75, 3.05) is 13.7 Å². The van der Waals surface area contributed by atoms with Gasteiger partial charge < -0.3 is 14.6 Å². The van der Waals surface area contributed by atoms with Gasteiger partial charge in [0.2, 0.25) is 0 Å². The van der Waals surface area contributed by atoms with E-state index in [4.69, 9.17) is 32.7 Å². The number of aliphatic imine (C=N–C) groups is 1. The van der Waals surface area contributed by atoms with Crippen LogP contribution >= 0.6 is 35.0 Å². The van der Waals surface area contributed by atoms with E-state index >= 15 is 0 Å². The summed E-state index contributed by atoms with van der Waals surface area (Å²) >= 11 is 13.2. The number of thioether (sulfide) groups is 1. The SMILES string of the molecule is CCOC(=O)C1=C(O)/C(=C/c2cc(Cl)cc(Cl)c2OC)SC1=NC(=O)c1ccccc1. The Labute approximate surface area is 193 Å². The third-order valence-corrected chi connectivity index (χ3v) is 5.64. The number of hydrogen-bond donors (Lipinski definition) is 1. The van der Waals surface area contributed by atoms with Crippen molar-refractivity contribution < 1.29 is 24.2 Å². The maximum Gasteiger partial charge on any atom is 0.344 e. The van der Waals surface area contributed by atoms with Gasteiger partial charge in [0, 0.05) is 16.1 Å². The van der Waals surface area contributed by atoms with Crippen molar-refractivity contribution in [1.82, 2.24) is 0 Å². The van der Waals surface area contributed by atoms with Crippen LogP contribution in [0.1, 0.15) is 22.8 Å². The molecule has 0 bridgehead atoms. The monoisotopic (exact) mass is 477 g/mol. The number of hydrogen-bond acceptors (Lipinski definition) is 6. The van der Waals surface area contributed by atoms with E-state index in [-0.39, 0.29) is 32.9 Å². The van der Waals surface area contributed by atoms with Crippen molar-refractivity contribution >= 4 is 58.0 Å². The molecule has 1 N–H and O–H groups in total. The van der Waals surface area contributed by atoms with Crippen LogP contribution in [0.2, 0.25) is 10.0 Å². The lowest BCUT2D eigenvalue weighted by Gasteiger charge is -2.08. The number of carbonyl (C=O) groups excluding carboxylic acids is 2. The van der Waals surface area contributed by atoms with Crippen LogP contribution in [0.3, 0.4) is 0 Å². The van der Waals surface area contributed by atoms with Crippen molar-refractivity contribution in [3.05, 3.63) is 79.9 Å². The van der Waals surface area contributed by atoms with Gasteiger partial charge in [-0.1, -0.05) is 53.2 Å². The second-order valence-electron chi connectivity index (χ2n) is 6.15. The number of ether oxygens (including phenoxy) is 2. The zero-order valence-corrected chi connectivity index (χ0v) is 18.8. The quantitative estimate of drug-likeness (QED) is 0.555. The Hall–Kier alpha value is -2.74. The lowest BCUT2D eigenvalue weighted by Crippen LogP contribution is -2.14. The molecule has 0 aromatic heterocycles. The third-order valence-electron chi connectivity index (χ3n) is 4.12. The second kappa shape index (κ2) is 10.0. The minimum atomic E-state index is -0.786. The summed E-state index contributed by atoms with van der Waals surface area (Å²) in [6.07, 6.45) is 1.55. The topological polar surface area (TPSA) is 85.2 Å². The number of nitrogens with zero attached hydrogens (tertiary/aromatic N) is 1. The maximum absolute atomic E-state index is 12.6. The predicted molar refractivity (Wildman–Crippen MR) is 123 cm³/mol. The number of aliphatic hydroxyl groups is 1. The van der Waals surface area contributed by atoms with E-state index in [2.05, 4.69) is 4.99 Å². The summed E-state index contributed by atoms with van der Waals surface area (Å²) < 4.78 is 10.4. The minimum Gasteiger partial charge on any atom is -0.506 e. The predicted octanol–water partition coefficient (Wildman–Crippen LogP) is 5.70. The Bertz CT molecular complexity index is 1130. The molecule has 0 unspecified atom stereocenters. The molecular formula is C22H17Cl2NO5S. The van der Waals surface area contributed by atoms with E-state index < -0.39 is 11.9 Å². The van der Waals surface area contributed by atoms with Crippen LogP contribution in [0.4, 0.5) is 0 Å². The summed E-state index contributed by atoms with van der Waals surface area (Å²) in [5.74, 6) is -1.36. The van der Waals surface area contributed by atoms with Crippen LogP contribution in [-0.4, -0.2) is 35.7 Å². The first-order valence-corrected chi connectivity index (χ1v) is 10.6. The second-order valence-corrected chi connectivity index (χ2v) is 8.03. The number of methoxy groups -OCH3 is 1. The molecule has 0 radical (unpaired) electrons. The van der Waals surface area contributed by atoms with Gasteiger partial charge in [0.1, 0.15) is 22.1 Å². The van der Waals surface area contributed by atoms with Gasteiger partial charge in [-0.3, -0.25) is 4.79 Å². The molecule has 3 rings (SSSR count). The van der Waals surface area contributed by atoms with Gasteiger partial charge in [0.15, 0.2) is 0 Å². The fourth-order valence-corrected chi connectivity index (χ4v) is 4.36. The Morgan fingerprint density at radius 2 is 1.90 bits per heavy atom. The van der Waals surface area contributed by atoms with Crippen LogP contribution in [0.25, 0.3) is 6.08 Å². The number of halogens is 2. The van der Waals surface area contributed by atoms with Crippen LogP contribution in [-0.2, 0) is 9.53 Å². The standard InChI is InChI=1S/C22H17Cl2NO5S/c1-3-30-22(28)17-18(26)16(10-13-9-14(23)11-15(24)19(13)29-2)31-21(17)25-20(27)12-7-5-4-6-8-12/h4-11,26H,3H2,1-2H3/b16-10-,25-21?. The van der Waals surface area contributed by atoms with E-state index in [0.717, 1.165) is 11.8 Å². The van der Waals surface area contributed by atoms with Crippen LogP contribution in [0, 0.1) is 0 Å². The molecule has 0 atom stereocenters. The molecule has 2 aromatic rings. The van der Waals surface area contributed by atoms with E-state index in [1.807, 2.05) is 0 Å². The highest BCUT2D eigenvalue weighted by Gasteiger charge is 2.34. The van der Waals surface area contributed by atoms with Crippen molar-refractivity contribution in [3.63, 3.8) is 0 Å². The molecule has 1 amide bonds. The molecule has 31 heavy (non-hydrogen) atoms. The summed E-state index contributed by atoms with van der Waals surface area (Å²) in [4.78, 5) is 29.3. The summed E-state index contributed by atoms with van der Waals surface area (Å²) in [6, 6.07) is 11.5. The van der Waals surface area contributed by atoms with Crippen molar-refractivity contribution in [3.8, 4) is 5.75 Å². The van der Waals surface area contributed by atoms with Crippen molar-refractivity contribution in [2.45, 2.75) is 6.92 Å². The molecule has 0 spiro atoms. The Balaban J connectivity index is 2.09. The number of rotatable bonds is 5. The minimum absolute atomic E-state index is 0.0307. The highest BCUT2D eigenvalue weighted by Crippen LogP contribution is 2.42. The van der Waals surface area contributed by atoms with Gasteiger partial charge >= 0.3 is 5.97 Å². The molecule has 0 saturated carbocycles. The summed E-state index contributed by atoms with van der Waals surface area (Å²) in [6.45, 7) is 1.73. The summed E-state index contributed by atoms with van der Waals surface area (Å²) in [5.41, 5.74) is 0.640. The van der Waals surface area contributed by atoms with E-state index in [1.165, 1.54) is 13.2 Å². The van der Waals surface area contributed by atoms with Crippen molar-refractivity contribution in [1.29, 1.82) is 0 Å². The summed E-state index contributed by atoms with van der Waals surface area (Å²) in [7, 11) is 1.45. The molecule has 1 aliphatic rings. The molecular weight excluding hydrogens is 461 g/mol. The number of amides is 1. The lowest BCUT2D eigenvalue weighted by atomic mass is 10.1. The fourth-order valence-electron chi connectivity index (χ4n) is 2.77.